The van der Waals surface area contributed by atoms with Crippen LogP contribution >= 0.6 is 0 Å². The molecule has 18 heavy (non-hydrogen) atoms. The van der Waals surface area contributed by atoms with Crippen molar-refractivity contribution in [3.05, 3.63) is 23.8 Å². The van der Waals surface area contributed by atoms with Gasteiger partial charge in [0.2, 0.25) is 0 Å². The molecular formula is C12H16N2O4. The van der Waals surface area contributed by atoms with Gasteiger partial charge in [-0.15, -0.1) is 0 Å². The first kappa shape index (κ1) is 14.0. The van der Waals surface area contributed by atoms with Gasteiger partial charge in [0.05, 0.1) is 25.0 Å². The second-order valence-corrected chi connectivity index (χ2v) is 3.44. The number of hydrogen-bond acceptors (Lipinski definition) is 6. The fourth-order valence-electron chi connectivity index (χ4n) is 1.37. The minimum atomic E-state index is -0.827. The Bertz CT molecular complexity index is 434. The average molecular weight is 252 g/mol. The van der Waals surface area contributed by atoms with E-state index in [1.807, 2.05) is 0 Å². The van der Waals surface area contributed by atoms with Crippen molar-refractivity contribution in [1.82, 2.24) is 0 Å². The minimum Gasteiger partial charge on any atom is -0.495 e. The van der Waals surface area contributed by atoms with Crippen LogP contribution < -0.4 is 15.8 Å². The van der Waals surface area contributed by atoms with Crippen molar-refractivity contribution in [2.45, 2.75) is 13.1 Å². The summed E-state index contributed by atoms with van der Waals surface area (Å²) >= 11 is 0. The summed E-state index contributed by atoms with van der Waals surface area (Å²) < 4.78 is 9.99. The van der Waals surface area contributed by atoms with E-state index in [1.54, 1.807) is 19.1 Å². The maximum absolute atomic E-state index is 11.5. The molecule has 1 aromatic rings. The Morgan fingerprint density at radius 3 is 2.83 bits per heavy atom. The fraction of sp³-hybridized carbons (Fsp3) is 0.333. The third-order valence-electron chi connectivity index (χ3n) is 2.18. The van der Waals surface area contributed by atoms with Crippen molar-refractivity contribution in [3.63, 3.8) is 0 Å². The standard InChI is InChI=1S/C12H16N2O4/c1-3-18-12(16)8-4-5-9(10(6-8)17-2)14-11(13)7-15/h4-7,11,14H,3,13H2,1-2H3. The van der Waals surface area contributed by atoms with Crippen LogP contribution in [0.4, 0.5) is 5.69 Å². The van der Waals surface area contributed by atoms with Crippen LogP contribution in [0.1, 0.15) is 17.3 Å². The van der Waals surface area contributed by atoms with Gasteiger partial charge in [0, 0.05) is 0 Å². The van der Waals surface area contributed by atoms with E-state index in [4.69, 9.17) is 15.2 Å². The van der Waals surface area contributed by atoms with E-state index in [2.05, 4.69) is 5.32 Å². The molecule has 0 bridgehead atoms. The lowest BCUT2D eigenvalue weighted by Crippen LogP contribution is -2.31. The zero-order valence-corrected chi connectivity index (χ0v) is 10.3. The average Bonchev–Trinajstić information content (AvgIpc) is 2.39. The number of esters is 1. The van der Waals surface area contributed by atoms with Gasteiger partial charge in [0.1, 0.15) is 11.9 Å². The van der Waals surface area contributed by atoms with Gasteiger partial charge in [-0.2, -0.15) is 0 Å². The molecule has 98 valence electrons. The number of nitrogens with one attached hydrogen (secondary N) is 1. The third-order valence-corrected chi connectivity index (χ3v) is 2.18. The number of benzene rings is 1. The molecule has 6 heteroatoms. The normalized spacial score (nSPS) is 11.5. The molecule has 3 N–H and O–H groups in total. The molecule has 1 aromatic carbocycles. The Morgan fingerprint density at radius 2 is 2.28 bits per heavy atom. The molecule has 1 rings (SSSR count). The molecule has 0 radical (unpaired) electrons. The van der Waals surface area contributed by atoms with Crippen molar-refractivity contribution in [3.8, 4) is 5.75 Å². The van der Waals surface area contributed by atoms with Gasteiger partial charge in [-0.05, 0) is 25.1 Å². The van der Waals surface area contributed by atoms with E-state index in [-0.39, 0.29) is 0 Å². The quantitative estimate of drug-likeness (QED) is 0.441. The molecule has 0 aliphatic carbocycles. The molecular weight excluding hydrogens is 236 g/mol. The molecule has 0 amide bonds. The van der Waals surface area contributed by atoms with Gasteiger partial charge in [0.15, 0.2) is 6.29 Å². The Morgan fingerprint density at radius 1 is 1.56 bits per heavy atom. The molecule has 0 saturated carbocycles. The number of methoxy groups -OCH3 is 1. The molecule has 0 heterocycles. The first-order valence-corrected chi connectivity index (χ1v) is 5.45. The van der Waals surface area contributed by atoms with Crippen molar-refractivity contribution < 1.29 is 19.1 Å². The van der Waals surface area contributed by atoms with Crippen LogP contribution in [0, 0.1) is 0 Å². The Hall–Kier alpha value is -2.08. The van der Waals surface area contributed by atoms with Crippen LogP contribution in [0.5, 0.6) is 5.75 Å². The van der Waals surface area contributed by atoms with Crippen LogP contribution in [-0.2, 0) is 9.53 Å². The lowest BCUT2D eigenvalue weighted by Gasteiger charge is -2.14. The zero-order valence-electron chi connectivity index (χ0n) is 10.3. The number of hydrogen-bond donors (Lipinski definition) is 2. The van der Waals surface area contributed by atoms with Crippen LogP contribution in [-0.4, -0.2) is 32.1 Å². The molecule has 0 aromatic heterocycles. The van der Waals surface area contributed by atoms with Gasteiger partial charge < -0.3 is 20.5 Å². The summed E-state index contributed by atoms with van der Waals surface area (Å²) in [6.45, 7) is 2.03. The van der Waals surface area contributed by atoms with Gasteiger partial charge in [-0.1, -0.05) is 0 Å². The number of nitrogens with two attached hydrogens (primary N) is 1. The Labute approximate surface area is 105 Å². The fourth-order valence-corrected chi connectivity index (χ4v) is 1.37. The second-order valence-electron chi connectivity index (χ2n) is 3.44. The second kappa shape index (κ2) is 6.61. The number of carbonyl (C=O) groups excluding carboxylic acids is 2. The molecule has 1 unspecified atom stereocenters. The number of anilines is 1. The minimum absolute atomic E-state index is 0.303. The summed E-state index contributed by atoms with van der Waals surface area (Å²) in [5.41, 5.74) is 6.35. The molecule has 1 atom stereocenters. The zero-order chi connectivity index (χ0) is 13.5. The van der Waals surface area contributed by atoms with E-state index in [1.165, 1.54) is 13.2 Å². The summed E-state index contributed by atoms with van der Waals surface area (Å²) in [5, 5.41) is 2.74. The molecule has 0 saturated heterocycles. The number of carbonyl (C=O) groups is 2. The molecule has 6 nitrogen and oxygen atoms in total. The van der Waals surface area contributed by atoms with Gasteiger partial charge >= 0.3 is 5.97 Å². The van der Waals surface area contributed by atoms with Crippen LogP contribution in [0.15, 0.2) is 18.2 Å². The predicted octanol–water partition coefficient (Wildman–Crippen LogP) is 0.768. The SMILES string of the molecule is CCOC(=O)c1ccc(NC(N)C=O)c(OC)c1. The summed E-state index contributed by atoms with van der Waals surface area (Å²) in [6, 6.07) is 4.70. The summed E-state index contributed by atoms with van der Waals surface area (Å²) in [6.07, 6.45) is -0.258. The number of aldehydes is 1. The van der Waals surface area contributed by atoms with Crippen LogP contribution in [0.25, 0.3) is 0 Å². The first-order valence-electron chi connectivity index (χ1n) is 5.45. The van der Waals surface area contributed by atoms with Gasteiger partial charge in [-0.25, -0.2) is 4.79 Å². The van der Waals surface area contributed by atoms with Crippen molar-refractivity contribution >= 4 is 17.9 Å². The highest BCUT2D eigenvalue weighted by Gasteiger charge is 2.12. The van der Waals surface area contributed by atoms with Crippen molar-refractivity contribution in [2.75, 3.05) is 19.0 Å². The lowest BCUT2D eigenvalue weighted by atomic mass is 10.2. The molecule has 0 aliphatic rings. The van der Waals surface area contributed by atoms with Crippen molar-refractivity contribution in [2.24, 2.45) is 5.73 Å². The van der Waals surface area contributed by atoms with Crippen LogP contribution in [0.3, 0.4) is 0 Å². The smallest absolute Gasteiger partial charge is 0.338 e. The van der Waals surface area contributed by atoms with Crippen LogP contribution in [0.2, 0.25) is 0 Å². The highest BCUT2D eigenvalue weighted by Crippen LogP contribution is 2.26. The van der Waals surface area contributed by atoms with E-state index in [0.29, 0.717) is 29.9 Å². The lowest BCUT2D eigenvalue weighted by molar-refractivity contribution is -0.108. The summed E-state index contributed by atoms with van der Waals surface area (Å²) in [5.74, 6) is -0.0140. The number of rotatable bonds is 6. The Balaban J connectivity index is 2.96. The largest absolute Gasteiger partial charge is 0.495 e. The van der Waals surface area contributed by atoms with E-state index >= 15 is 0 Å². The first-order chi connectivity index (χ1) is 8.62. The molecule has 0 spiro atoms. The summed E-state index contributed by atoms with van der Waals surface area (Å²) in [7, 11) is 1.46. The maximum Gasteiger partial charge on any atom is 0.338 e. The van der Waals surface area contributed by atoms with Crippen molar-refractivity contribution in [1.29, 1.82) is 0 Å². The van der Waals surface area contributed by atoms with E-state index in [9.17, 15) is 9.59 Å². The maximum atomic E-state index is 11.5. The van der Waals surface area contributed by atoms with Gasteiger partial charge in [0.25, 0.3) is 0 Å². The molecule has 0 aliphatic heterocycles. The third kappa shape index (κ3) is 3.46. The molecule has 0 fully saturated rings. The van der Waals surface area contributed by atoms with E-state index in [0.717, 1.165) is 0 Å². The highest BCUT2D eigenvalue weighted by atomic mass is 16.5. The summed E-state index contributed by atoms with van der Waals surface area (Å²) in [4.78, 5) is 22.0. The highest BCUT2D eigenvalue weighted by molar-refractivity contribution is 5.91. The monoisotopic (exact) mass is 252 g/mol. The topological polar surface area (TPSA) is 90.6 Å². The predicted molar refractivity (Wildman–Crippen MR) is 66.6 cm³/mol. The Kier molecular flexibility index (Phi) is 5.13. The van der Waals surface area contributed by atoms with Gasteiger partial charge in [-0.3, -0.25) is 4.79 Å². The number of ether oxygens (including phenoxy) is 2. The van der Waals surface area contributed by atoms with E-state index < -0.39 is 12.1 Å².